The molecule has 0 saturated heterocycles. The molecular formula is C17H16N5O3+. The number of hydrogen-bond acceptors (Lipinski definition) is 6. The number of benzene rings is 1. The number of esters is 1. The SMILES string of the molecule is COC(=O)c1ccc(N2[NH+]=C(C)C(N=Nc3ccccn3)C2=O)cc1. The van der Waals surface area contributed by atoms with Crippen LogP contribution in [0.3, 0.4) is 0 Å². The third-order valence-electron chi connectivity index (χ3n) is 3.62. The molecule has 0 radical (unpaired) electrons. The number of hydrazone groups is 1. The molecule has 0 saturated carbocycles. The topological polar surface area (TPSA) is 98.2 Å². The fourth-order valence-corrected chi connectivity index (χ4v) is 2.32. The van der Waals surface area contributed by atoms with Crippen LogP contribution in [0.5, 0.6) is 0 Å². The highest BCUT2D eigenvalue weighted by Gasteiger charge is 2.41. The number of carbonyl (C=O) groups excluding carboxylic acids is 2. The molecule has 2 aromatic rings. The molecule has 0 spiro atoms. The zero-order valence-electron chi connectivity index (χ0n) is 13.7. The number of hydrazine groups is 1. The summed E-state index contributed by atoms with van der Waals surface area (Å²) in [5, 5.41) is 12.5. The Kier molecular flexibility index (Phi) is 4.60. The van der Waals surface area contributed by atoms with Gasteiger partial charge in [0.15, 0.2) is 5.82 Å². The van der Waals surface area contributed by atoms with Gasteiger partial charge in [-0.15, -0.1) is 10.2 Å². The number of carbonyl (C=O) groups is 2. The maximum Gasteiger partial charge on any atom is 0.337 e. The Morgan fingerprint density at radius 2 is 2.00 bits per heavy atom. The molecule has 1 atom stereocenters. The van der Waals surface area contributed by atoms with Crippen LogP contribution in [0, 0.1) is 0 Å². The van der Waals surface area contributed by atoms with E-state index < -0.39 is 12.0 Å². The van der Waals surface area contributed by atoms with Gasteiger partial charge in [-0.25, -0.2) is 9.78 Å². The number of amides is 1. The second-order valence-corrected chi connectivity index (χ2v) is 5.31. The smallest absolute Gasteiger partial charge is 0.337 e. The lowest BCUT2D eigenvalue weighted by molar-refractivity contribution is -0.455. The van der Waals surface area contributed by atoms with E-state index in [0.29, 0.717) is 22.8 Å². The van der Waals surface area contributed by atoms with Gasteiger partial charge >= 0.3 is 11.9 Å². The maximum atomic E-state index is 12.6. The Morgan fingerprint density at radius 3 is 2.64 bits per heavy atom. The van der Waals surface area contributed by atoms with E-state index in [1.807, 2.05) is 0 Å². The predicted octanol–water partition coefficient (Wildman–Crippen LogP) is 0.824. The molecule has 8 heteroatoms. The van der Waals surface area contributed by atoms with Gasteiger partial charge in [0.25, 0.3) is 0 Å². The molecule has 0 bridgehead atoms. The quantitative estimate of drug-likeness (QED) is 0.659. The second-order valence-electron chi connectivity index (χ2n) is 5.31. The molecule has 0 fully saturated rings. The van der Waals surface area contributed by atoms with Crippen LogP contribution in [-0.2, 0) is 9.53 Å². The van der Waals surface area contributed by atoms with E-state index in [4.69, 9.17) is 0 Å². The summed E-state index contributed by atoms with van der Waals surface area (Å²) in [5.41, 5.74) is 1.65. The second kappa shape index (κ2) is 7.00. The molecule has 2 heterocycles. The van der Waals surface area contributed by atoms with Crippen LogP contribution in [0.15, 0.2) is 58.9 Å². The molecule has 3 rings (SSSR count). The van der Waals surface area contributed by atoms with Gasteiger partial charge in [-0.2, -0.15) is 5.11 Å². The van der Waals surface area contributed by atoms with E-state index in [1.165, 1.54) is 12.1 Å². The van der Waals surface area contributed by atoms with Gasteiger partial charge in [-0.3, -0.25) is 4.79 Å². The molecule has 1 aliphatic rings. The number of rotatable bonds is 4. The summed E-state index contributed by atoms with van der Waals surface area (Å²) in [6, 6.07) is 11.0. The third kappa shape index (κ3) is 3.42. The van der Waals surface area contributed by atoms with Crippen molar-refractivity contribution < 1.29 is 19.4 Å². The van der Waals surface area contributed by atoms with Crippen LogP contribution in [0.4, 0.5) is 11.5 Å². The van der Waals surface area contributed by atoms with Crippen molar-refractivity contribution in [1.29, 1.82) is 0 Å². The number of azo groups is 1. The first-order valence-electron chi connectivity index (χ1n) is 7.54. The summed E-state index contributed by atoms with van der Waals surface area (Å²) in [4.78, 5) is 28.1. The molecule has 0 aliphatic carbocycles. The molecule has 25 heavy (non-hydrogen) atoms. The lowest BCUT2D eigenvalue weighted by atomic mass is 10.2. The number of nitrogens with zero attached hydrogens (tertiary/aromatic N) is 4. The van der Waals surface area contributed by atoms with Crippen molar-refractivity contribution >= 4 is 29.1 Å². The van der Waals surface area contributed by atoms with Gasteiger partial charge in [0.1, 0.15) is 5.69 Å². The van der Waals surface area contributed by atoms with E-state index in [9.17, 15) is 9.59 Å². The van der Waals surface area contributed by atoms with Crippen LogP contribution >= 0.6 is 0 Å². The minimum Gasteiger partial charge on any atom is -0.465 e. The fourth-order valence-electron chi connectivity index (χ4n) is 2.32. The lowest BCUT2D eigenvalue weighted by Gasteiger charge is -2.07. The van der Waals surface area contributed by atoms with Gasteiger partial charge < -0.3 is 4.74 Å². The first-order valence-corrected chi connectivity index (χ1v) is 7.54. The summed E-state index contributed by atoms with van der Waals surface area (Å²) in [6.07, 6.45) is 1.61. The standard InChI is InChI=1S/C17H15N5O3/c1-11-15(20-19-14-5-3-4-10-18-14)16(23)22(21-11)13-8-6-12(7-9-13)17(24)25-2/h3-10,15H,1-2H3/p+1. The van der Waals surface area contributed by atoms with Crippen molar-refractivity contribution in [3.63, 3.8) is 0 Å². The molecule has 126 valence electrons. The van der Waals surface area contributed by atoms with E-state index >= 15 is 0 Å². The largest absolute Gasteiger partial charge is 0.465 e. The summed E-state index contributed by atoms with van der Waals surface area (Å²) < 4.78 is 4.66. The number of aromatic nitrogens is 1. The first kappa shape index (κ1) is 16.4. The van der Waals surface area contributed by atoms with Crippen molar-refractivity contribution in [1.82, 2.24) is 4.98 Å². The Labute approximate surface area is 143 Å². The van der Waals surface area contributed by atoms with Crippen LogP contribution in [0.25, 0.3) is 0 Å². The summed E-state index contributed by atoms with van der Waals surface area (Å²) in [6.45, 7) is 1.77. The van der Waals surface area contributed by atoms with Gasteiger partial charge in [-0.1, -0.05) is 11.1 Å². The molecule has 1 unspecified atom stereocenters. The highest BCUT2D eigenvalue weighted by atomic mass is 16.5. The van der Waals surface area contributed by atoms with Gasteiger partial charge in [0.2, 0.25) is 11.8 Å². The van der Waals surface area contributed by atoms with Crippen molar-refractivity contribution in [2.75, 3.05) is 12.1 Å². The zero-order chi connectivity index (χ0) is 17.8. The van der Waals surface area contributed by atoms with E-state index in [0.717, 1.165) is 0 Å². The Bertz CT molecular complexity index is 846. The molecule has 8 nitrogen and oxygen atoms in total. The molecule has 1 aromatic heterocycles. The Balaban J connectivity index is 1.78. The number of nitrogens with one attached hydrogen (secondary N) is 1. The highest BCUT2D eigenvalue weighted by Crippen LogP contribution is 2.17. The molecule has 1 amide bonds. The number of pyridine rings is 1. The number of hydrogen-bond donors (Lipinski definition) is 1. The summed E-state index contributed by atoms with van der Waals surface area (Å²) in [7, 11) is 1.32. The first-order chi connectivity index (χ1) is 12.1. The highest BCUT2D eigenvalue weighted by molar-refractivity contribution is 6.13. The predicted molar refractivity (Wildman–Crippen MR) is 89.5 cm³/mol. The molecule has 1 N–H and O–H groups in total. The Morgan fingerprint density at radius 1 is 1.24 bits per heavy atom. The van der Waals surface area contributed by atoms with Crippen molar-refractivity contribution in [2.45, 2.75) is 13.0 Å². The monoisotopic (exact) mass is 338 g/mol. The minimum atomic E-state index is -0.734. The summed E-state index contributed by atoms with van der Waals surface area (Å²) in [5.74, 6) is -0.260. The van der Waals surface area contributed by atoms with Crippen molar-refractivity contribution in [3.8, 4) is 0 Å². The number of ether oxygens (including phenoxy) is 1. The lowest BCUT2D eigenvalue weighted by Crippen LogP contribution is -2.81. The van der Waals surface area contributed by atoms with Crippen molar-refractivity contribution in [3.05, 3.63) is 54.2 Å². The molecule has 1 aliphatic heterocycles. The van der Waals surface area contributed by atoms with Gasteiger partial charge in [0, 0.05) is 13.1 Å². The molecule has 1 aromatic carbocycles. The summed E-state index contributed by atoms with van der Waals surface area (Å²) >= 11 is 0. The van der Waals surface area contributed by atoms with E-state index in [2.05, 4.69) is 25.1 Å². The maximum absolute atomic E-state index is 12.6. The number of anilines is 1. The Hall–Kier alpha value is -3.42. The van der Waals surface area contributed by atoms with Gasteiger partial charge in [-0.05, 0) is 36.4 Å². The van der Waals surface area contributed by atoms with Crippen LogP contribution in [0.1, 0.15) is 17.3 Å². The molecular weight excluding hydrogens is 322 g/mol. The van der Waals surface area contributed by atoms with Crippen LogP contribution in [0.2, 0.25) is 0 Å². The minimum absolute atomic E-state index is 0.261. The third-order valence-corrected chi connectivity index (χ3v) is 3.62. The number of methoxy groups -OCH3 is 1. The normalized spacial score (nSPS) is 17.0. The van der Waals surface area contributed by atoms with E-state index in [-0.39, 0.29) is 5.91 Å². The van der Waals surface area contributed by atoms with E-state index in [1.54, 1.807) is 55.6 Å². The van der Waals surface area contributed by atoms with Gasteiger partial charge in [0.05, 0.1) is 12.7 Å². The average molecular weight is 338 g/mol. The zero-order valence-corrected chi connectivity index (χ0v) is 13.7. The van der Waals surface area contributed by atoms with Crippen LogP contribution in [-0.4, -0.2) is 35.7 Å². The van der Waals surface area contributed by atoms with Crippen molar-refractivity contribution in [2.24, 2.45) is 10.2 Å². The fraction of sp³-hybridized carbons (Fsp3) is 0.176. The average Bonchev–Trinajstić information content (AvgIpc) is 2.94. The van der Waals surface area contributed by atoms with Crippen LogP contribution < -0.4 is 10.1 Å².